The van der Waals surface area contributed by atoms with Gasteiger partial charge in [-0.2, -0.15) is 0 Å². The number of ether oxygens (including phenoxy) is 2. The fourth-order valence-electron chi connectivity index (χ4n) is 6.17. The zero-order valence-electron chi connectivity index (χ0n) is 18.2. The molecule has 5 rings (SSSR count). The summed E-state index contributed by atoms with van der Waals surface area (Å²) < 4.78 is 12.0. The summed E-state index contributed by atoms with van der Waals surface area (Å²) in [5, 5.41) is 0. The molecule has 0 amide bonds. The van der Waals surface area contributed by atoms with Gasteiger partial charge in [0.05, 0.1) is 12.2 Å². The molecule has 3 heterocycles. The second-order valence-electron chi connectivity index (χ2n) is 9.73. The SMILES string of the molecule is c1ccc(C2(CCCCc3cccc4c3CCCC4)CCOC3(CCOC3)C2)nc1. The third-order valence-corrected chi connectivity index (χ3v) is 7.77. The largest absolute Gasteiger partial charge is 0.378 e. The number of hydrogen-bond acceptors (Lipinski definition) is 3. The monoisotopic (exact) mass is 405 g/mol. The van der Waals surface area contributed by atoms with E-state index in [0.29, 0.717) is 0 Å². The van der Waals surface area contributed by atoms with E-state index < -0.39 is 0 Å². The van der Waals surface area contributed by atoms with Gasteiger partial charge in [0.1, 0.15) is 0 Å². The Hall–Kier alpha value is -1.71. The standard InChI is InChI=1S/C27H35NO2/c1-2-12-24-22(8-1)10-7-11-23(24)9-3-5-14-26(25-13-4-6-17-28-25)15-19-30-27(20-26)16-18-29-21-27/h4,6-7,10-11,13,17H,1-3,5,8-9,12,14-16,18-21H2. The van der Waals surface area contributed by atoms with E-state index in [1.165, 1.54) is 57.1 Å². The third-order valence-electron chi connectivity index (χ3n) is 7.77. The molecule has 3 aliphatic rings. The van der Waals surface area contributed by atoms with Crippen molar-refractivity contribution >= 4 is 0 Å². The average molecular weight is 406 g/mol. The molecule has 2 unspecified atom stereocenters. The summed E-state index contributed by atoms with van der Waals surface area (Å²) in [6, 6.07) is 13.4. The highest BCUT2D eigenvalue weighted by atomic mass is 16.6. The molecule has 3 nitrogen and oxygen atoms in total. The maximum absolute atomic E-state index is 6.29. The van der Waals surface area contributed by atoms with Crippen molar-refractivity contribution in [3.63, 3.8) is 0 Å². The van der Waals surface area contributed by atoms with Crippen LogP contribution < -0.4 is 0 Å². The summed E-state index contributed by atoms with van der Waals surface area (Å²) in [5.74, 6) is 0. The van der Waals surface area contributed by atoms with E-state index in [9.17, 15) is 0 Å². The van der Waals surface area contributed by atoms with E-state index in [1.807, 2.05) is 12.3 Å². The highest BCUT2D eigenvalue weighted by Crippen LogP contribution is 2.47. The topological polar surface area (TPSA) is 31.4 Å². The summed E-state index contributed by atoms with van der Waals surface area (Å²) in [6.07, 6.45) is 15.3. The van der Waals surface area contributed by atoms with Crippen LogP contribution in [-0.2, 0) is 34.2 Å². The van der Waals surface area contributed by atoms with Crippen molar-refractivity contribution in [2.24, 2.45) is 0 Å². The fraction of sp³-hybridized carbons (Fsp3) is 0.593. The van der Waals surface area contributed by atoms with Gasteiger partial charge in [-0.3, -0.25) is 4.98 Å². The molecule has 1 aromatic carbocycles. The van der Waals surface area contributed by atoms with Crippen LogP contribution in [0.2, 0.25) is 0 Å². The molecule has 2 fully saturated rings. The zero-order valence-corrected chi connectivity index (χ0v) is 18.2. The Labute approximate surface area is 181 Å². The van der Waals surface area contributed by atoms with Gasteiger partial charge in [-0.1, -0.05) is 30.7 Å². The van der Waals surface area contributed by atoms with Crippen molar-refractivity contribution in [2.75, 3.05) is 19.8 Å². The lowest BCUT2D eigenvalue weighted by molar-refractivity contribution is -0.109. The lowest BCUT2D eigenvalue weighted by Gasteiger charge is -2.45. The van der Waals surface area contributed by atoms with Crippen LogP contribution in [0.3, 0.4) is 0 Å². The smallest absolute Gasteiger partial charge is 0.0945 e. The molecule has 160 valence electrons. The Morgan fingerprint density at radius 1 is 0.933 bits per heavy atom. The van der Waals surface area contributed by atoms with E-state index in [0.717, 1.165) is 39.1 Å². The van der Waals surface area contributed by atoms with Gasteiger partial charge in [0.2, 0.25) is 0 Å². The van der Waals surface area contributed by atoms with Crippen LogP contribution in [-0.4, -0.2) is 30.4 Å². The Morgan fingerprint density at radius 3 is 2.77 bits per heavy atom. The van der Waals surface area contributed by atoms with Crippen LogP contribution in [0.4, 0.5) is 0 Å². The number of nitrogens with zero attached hydrogens (tertiary/aromatic N) is 1. The molecule has 1 spiro atoms. The number of rotatable bonds is 6. The van der Waals surface area contributed by atoms with Crippen molar-refractivity contribution < 1.29 is 9.47 Å². The first-order valence-electron chi connectivity index (χ1n) is 12.0. The molecule has 0 saturated carbocycles. The Balaban J connectivity index is 1.28. The van der Waals surface area contributed by atoms with Crippen LogP contribution in [0, 0.1) is 0 Å². The molecule has 30 heavy (non-hydrogen) atoms. The van der Waals surface area contributed by atoms with Gasteiger partial charge in [0.15, 0.2) is 0 Å². The highest BCUT2D eigenvalue weighted by molar-refractivity contribution is 5.37. The Bertz CT molecular complexity index is 843. The van der Waals surface area contributed by atoms with Crippen LogP contribution in [0.5, 0.6) is 0 Å². The van der Waals surface area contributed by atoms with Crippen molar-refractivity contribution in [2.45, 2.75) is 81.6 Å². The first-order valence-corrected chi connectivity index (χ1v) is 12.0. The molecule has 1 aliphatic carbocycles. The minimum Gasteiger partial charge on any atom is -0.378 e. The summed E-state index contributed by atoms with van der Waals surface area (Å²) in [5.41, 5.74) is 6.17. The summed E-state index contributed by atoms with van der Waals surface area (Å²) in [7, 11) is 0. The van der Waals surface area contributed by atoms with Crippen molar-refractivity contribution in [3.05, 3.63) is 65.0 Å². The van der Waals surface area contributed by atoms with Crippen LogP contribution >= 0.6 is 0 Å². The van der Waals surface area contributed by atoms with E-state index in [4.69, 9.17) is 14.5 Å². The molecule has 0 N–H and O–H groups in total. The van der Waals surface area contributed by atoms with Gasteiger partial charge in [-0.25, -0.2) is 0 Å². The number of aromatic nitrogens is 1. The first kappa shape index (κ1) is 20.2. The molecule has 1 aromatic heterocycles. The molecule has 2 aliphatic heterocycles. The maximum atomic E-state index is 6.29. The molecular formula is C27H35NO2. The highest BCUT2D eigenvalue weighted by Gasteiger charge is 2.49. The summed E-state index contributed by atoms with van der Waals surface area (Å²) in [4.78, 5) is 4.83. The van der Waals surface area contributed by atoms with Crippen molar-refractivity contribution in [1.29, 1.82) is 0 Å². The van der Waals surface area contributed by atoms with Crippen LogP contribution in [0.25, 0.3) is 0 Å². The number of pyridine rings is 1. The minimum atomic E-state index is -0.0890. The quantitative estimate of drug-likeness (QED) is 0.588. The predicted octanol–water partition coefficient (Wildman–Crippen LogP) is 5.58. The van der Waals surface area contributed by atoms with E-state index in [2.05, 4.69) is 30.3 Å². The third kappa shape index (κ3) is 4.07. The van der Waals surface area contributed by atoms with Crippen LogP contribution in [0.1, 0.15) is 73.8 Å². The van der Waals surface area contributed by atoms with Gasteiger partial charge < -0.3 is 9.47 Å². The average Bonchev–Trinajstić information content (AvgIpc) is 3.24. The fourth-order valence-corrected chi connectivity index (χ4v) is 6.17. The second-order valence-corrected chi connectivity index (χ2v) is 9.73. The zero-order chi connectivity index (χ0) is 20.3. The van der Waals surface area contributed by atoms with E-state index in [-0.39, 0.29) is 11.0 Å². The van der Waals surface area contributed by atoms with Gasteiger partial charge in [-0.05, 0) is 86.6 Å². The van der Waals surface area contributed by atoms with Crippen molar-refractivity contribution in [1.82, 2.24) is 4.98 Å². The predicted molar refractivity (Wildman–Crippen MR) is 120 cm³/mol. The second kappa shape index (κ2) is 8.80. The maximum Gasteiger partial charge on any atom is 0.0945 e. The molecule has 2 aromatic rings. The van der Waals surface area contributed by atoms with E-state index in [1.54, 1.807) is 16.7 Å². The molecule has 0 radical (unpaired) electrons. The first-order chi connectivity index (χ1) is 14.8. The number of benzene rings is 1. The minimum absolute atomic E-state index is 0.0890. The number of unbranched alkanes of at least 4 members (excludes halogenated alkanes) is 1. The van der Waals surface area contributed by atoms with Crippen LogP contribution in [0.15, 0.2) is 42.6 Å². The number of hydrogen-bond donors (Lipinski definition) is 0. The van der Waals surface area contributed by atoms with Gasteiger partial charge in [0, 0.05) is 36.9 Å². The molecular weight excluding hydrogens is 370 g/mol. The molecule has 0 bridgehead atoms. The van der Waals surface area contributed by atoms with Crippen molar-refractivity contribution in [3.8, 4) is 0 Å². The Kier molecular flexibility index (Phi) is 5.93. The molecule has 2 atom stereocenters. The lowest BCUT2D eigenvalue weighted by atomic mass is 9.67. The lowest BCUT2D eigenvalue weighted by Crippen LogP contribution is -2.48. The Morgan fingerprint density at radius 2 is 1.90 bits per heavy atom. The van der Waals surface area contributed by atoms with Gasteiger partial charge in [0.25, 0.3) is 0 Å². The van der Waals surface area contributed by atoms with E-state index >= 15 is 0 Å². The normalized spacial score (nSPS) is 28.5. The molecule has 2 saturated heterocycles. The summed E-state index contributed by atoms with van der Waals surface area (Å²) in [6.45, 7) is 2.40. The number of fused-ring (bicyclic) bond motifs is 1. The van der Waals surface area contributed by atoms with Gasteiger partial charge in [-0.15, -0.1) is 0 Å². The number of aryl methyl sites for hydroxylation is 2. The summed E-state index contributed by atoms with van der Waals surface area (Å²) >= 11 is 0. The van der Waals surface area contributed by atoms with Gasteiger partial charge >= 0.3 is 0 Å². The molecule has 3 heteroatoms.